The number of morpholine rings is 1. The van der Waals surface area contributed by atoms with Crippen LogP contribution in [-0.2, 0) is 26.2 Å². The predicted octanol–water partition coefficient (Wildman–Crippen LogP) is 1.88. The number of anilines is 1. The third kappa shape index (κ3) is 5.95. The fraction of sp³-hybridized carbons (Fsp3) is 0.571. The lowest BCUT2D eigenvalue weighted by molar-refractivity contribution is -0.149. The van der Waals surface area contributed by atoms with Crippen molar-refractivity contribution in [1.82, 2.24) is 25.3 Å². The topological polar surface area (TPSA) is 90.9 Å². The minimum Gasteiger partial charge on any atom is -0.367 e. The minimum atomic E-state index is -0.641. The van der Waals surface area contributed by atoms with Crippen molar-refractivity contribution in [3.05, 3.63) is 52.9 Å². The van der Waals surface area contributed by atoms with Crippen LogP contribution in [0.4, 0.5) is 14.5 Å². The molecule has 39 heavy (non-hydrogen) atoms. The summed E-state index contributed by atoms with van der Waals surface area (Å²) in [5.41, 5.74) is 1.81. The van der Waals surface area contributed by atoms with Gasteiger partial charge in [-0.2, -0.15) is 10.2 Å². The van der Waals surface area contributed by atoms with E-state index in [1.165, 1.54) is 12.1 Å². The summed E-state index contributed by atoms with van der Waals surface area (Å²) in [5, 5.41) is 12.2. The Hall–Kier alpha value is -3.02. The van der Waals surface area contributed by atoms with Crippen LogP contribution in [0.5, 0.6) is 0 Å². The van der Waals surface area contributed by atoms with Crippen LogP contribution in [0.2, 0.25) is 0 Å². The molecule has 2 fully saturated rings. The van der Waals surface area contributed by atoms with Gasteiger partial charge in [0.15, 0.2) is 0 Å². The van der Waals surface area contributed by atoms with E-state index in [-0.39, 0.29) is 49.6 Å². The van der Waals surface area contributed by atoms with Crippen molar-refractivity contribution >= 4 is 17.5 Å². The molecule has 2 amide bonds. The highest BCUT2D eigenvalue weighted by atomic mass is 19.1. The number of nitrogens with one attached hydrogen (secondary N) is 1. The summed E-state index contributed by atoms with van der Waals surface area (Å²) in [6.45, 7) is 11.2. The first kappa shape index (κ1) is 27.5. The lowest BCUT2D eigenvalue weighted by Crippen LogP contribution is -2.62. The molecule has 0 aliphatic carbocycles. The highest BCUT2D eigenvalue weighted by Gasteiger charge is 2.41. The molecule has 9 nitrogen and oxygen atoms in total. The summed E-state index contributed by atoms with van der Waals surface area (Å²) in [5.74, 6) is -1.37. The number of hydrogen-bond acceptors (Lipinski definition) is 7. The van der Waals surface area contributed by atoms with E-state index in [9.17, 15) is 18.4 Å². The molecular formula is C28H36F2N6O3. The van der Waals surface area contributed by atoms with Crippen molar-refractivity contribution in [1.29, 1.82) is 0 Å². The third-order valence-electron chi connectivity index (χ3n) is 7.82. The second-order valence-electron chi connectivity index (χ2n) is 11.7. The zero-order valence-electron chi connectivity index (χ0n) is 22.9. The van der Waals surface area contributed by atoms with Gasteiger partial charge in [0.25, 0.3) is 0 Å². The van der Waals surface area contributed by atoms with Gasteiger partial charge in [0, 0.05) is 62.7 Å². The van der Waals surface area contributed by atoms with Crippen LogP contribution in [-0.4, -0.2) is 95.9 Å². The first-order valence-corrected chi connectivity index (χ1v) is 13.5. The van der Waals surface area contributed by atoms with Gasteiger partial charge in [-0.15, -0.1) is 0 Å². The number of amides is 2. The normalized spacial score (nSPS) is 25.2. The average Bonchev–Trinajstić information content (AvgIpc) is 3.15. The second-order valence-corrected chi connectivity index (χ2v) is 11.7. The van der Waals surface area contributed by atoms with E-state index in [4.69, 9.17) is 4.74 Å². The van der Waals surface area contributed by atoms with Crippen LogP contribution in [0, 0.1) is 11.6 Å². The molecule has 2 saturated heterocycles. The molecule has 3 atom stereocenters. The summed E-state index contributed by atoms with van der Waals surface area (Å²) in [6, 6.07) is 5.46. The molecule has 1 N–H and O–H groups in total. The fourth-order valence-corrected chi connectivity index (χ4v) is 5.70. The SMILES string of the molecule is C[C@@H]1CN(CC(=O)N2CC(C)(C)c3nnc(Cc4ccc(F)cc4F)cc32)[C@@H](CN2C[C@@H](C)OCC2=O)CN1. The zero-order chi connectivity index (χ0) is 27.9. The highest BCUT2D eigenvalue weighted by Crippen LogP contribution is 2.39. The van der Waals surface area contributed by atoms with Crippen LogP contribution < -0.4 is 10.2 Å². The van der Waals surface area contributed by atoms with E-state index in [1.807, 2.05) is 25.7 Å². The van der Waals surface area contributed by atoms with Crippen LogP contribution in [0.15, 0.2) is 24.3 Å². The molecule has 4 heterocycles. The molecule has 11 heteroatoms. The number of aromatic nitrogens is 2. The van der Waals surface area contributed by atoms with E-state index >= 15 is 0 Å². The summed E-state index contributed by atoms with van der Waals surface area (Å²) in [6.07, 6.45) is 0.119. The first-order chi connectivity index (χ1) is 18.5. The number of carbonyl (C=O) groups is 2. The number of rotatable bonds is 6. The van der Waals surface area contributed by atoms with Gasteiger partial charge in [-0.1, -0.05) is 19.9 Å². The summed E-state index contributed by atoms with van der Waals surface area (Å²) in [7, 11) is 0. The van der Waals surface area contributed by atoms with E-state index in [0.29, 0.717) is 49.7 Å². The summed E-state index contributed by atoms with van der Waals surface area (Å²) < 4.78 is 33.1. The molecule has 210 valence electrons. The molecule has 0 spiro atoms. The lowest BCUT2D eigenvalue weighted by atomic mass is 9.91. The first-order valence-electron chi connectivity index (χ1n) is 13.5. The van der Waals surface area contributed by atoms with Crippen molar-refractivity contribution in [2.45, 2.75) is 57.7 Å². The van der Waals surface area contributed by atoms with E-state index in [0.717, 1.165) is 11.8 Å². The van der Waals surface area contributed by atoms with Crippen LogP contribution in [0.1, 0.15) is 44.6 Å². The van der Waals surface area contributed by atoms with Gasteiger partial charge in [0.1, 0.15) is 18.2 Å². The smallest absolute Gasteiger partial charge is 0.248 e. The van der Waals surface area contributed by atoms with Gasteiger partial charge in [-0.25, -0.2) is 8.78 Å². The maximum absolute atomic E-state index is 14.3. The van der Waals surface area contributed by atoms with Gasteiger partial charge in [0.2, 0.25) is 11.8 Å². The van der Waals surface area contributed by atoms with Gasteiger partial charge >= 0.3 is 0 Å². The van der Waals surface area contributed by atoms with Crippen molar-refractivity contribution in [2.75, 3.05) is 50.8 Å². The fourth-order valence-electron chi connectivity index (χ4n) is 5.70. The molecule has 2 aromatic rings. The molecule has 1 aromatic heterocycles. The van der Waals surface area contributed by atoms with Crippen molar-refractivity contribution in [2.24, 2.45) is 0 Å². The van der Waals surface area contributed by atoms with Gasteiger partial charge in [-0.3, -0.25) is 14.5 Å². The number of ether oxygens (including phenoxy) is 1. The number of benzene rings is 1. The molecule has 0 radical (unpaired) electrons. The molecular weight excluding hydrogens is 506 g/mol. The monoisotopic (exact) mass is 542 g/mol. The Labute approximate surface area is 227 Å². The quantitative estimate of drug-likeness (QED) is 0.596. The molecule has 0 saturated carbocycles. The van der Waals surface area contributed by atoms with E-state index in [1.54, 1.807) is 11.0 Å². The van der Waals surface area contributed by atoms with Gasteiger partial charge < -0.3 is 19.9 Å². The highest BCUT2D eigenvalue weighted by molar-refractivity contribution is 5.97. The largest absolute Gasteiger partial charge is 0.367 e. The molecule has 5 rings (SSSR count). The molecule has 3 aliphatic rings. The average molecular weight is 543 g/mol. The number of piperazine rings is 1. The second kappa shape index (κ2) is 10.9. The maximum Gasteiger partial charge on any atom is 0.248 e. The Morgan fingerprint density at radius 1 is 1.18 bits per heavy atom. The standard InChI is InChI=1S/C28H36F2N6O3/c1-17-11-34(22(10-31-17)13-35-12-18(2)39-15-26(35)38)14-25(37)36-16-28(3,4)27-24(36)9-21(32-33-27)7-19-5-6-20(29)8-23(19)30/h5-6,8-9,17-18,22,31H,7,10-16H2,1-4H3/t17-,18-,22-/m1/s1. The maximum atomic E-state index is 14.3. The minimum absolute atomic E-state index is 0.0120. The van der Waals surface area contributed by atoms with Gasteiger partial charge in [0.05, 0.1) is 29.7 Å². The molecule has 0 unspecified atom stereocenters. The number of halogens is 2. The third-order valence-corrected chi connectivity index (χ3v) is 7.82. The number of nitrogens with zero attached hydrogens (tertiary/aromatic N) is 5. The van der Waals surface area contributed by atoms with Crippen LogP contribution >= 0.6 is 0 Å². The number of hydrogen-bond donors (Lipinski definition) is 1. The Bertz CT molecular complexity index is 1260. The van der Waals surface area contributed by atoms with Crippen LogP contribution in [0.3, 0.4) is 0 Å². The Kier molecular flexibility index (Phi) is 7.67. The Morgan fingerprint density at radius 2 is 1.97 bits per heavy atom. The molecule has 0 bridgehead atoms. The molecule has 3 aliphatic heterocycles. The van der Waals surface area contributed by atoms with Crippen LogP contribution in [0.25, 0.3) is 0 Å². The predicted molar refractivity (Wildman–Crippen MR) is 141 cm³/mol. The Morgan fingerprint density at radius 3 is 2.74 bits per heavy atom. The Balaban J connectivity index is 1.34. The summed E-state index contributed by atoms with van der Waals surface area (Å²) >= 11 is 0. The van der Waals surface area contributed by atoms with Crippen molar-refractivity contribution in [3.8, 4) is 0 Å². The van der Waals surface area contributed by atoms with E-state index < -0.39 is 17.0 Å². The molecule has 1 aromatic carbocycles. The zero-order valence-corrected chi connectivity index (χ0v) is 22.9. The number of fused-ring (bicyclic) bond motifs is 1. The van der Waals surface area contributed by atoms with Crippen molar-refractivity contribution in [3.63, 3.8) is 0 Å². The lowest BCUT2D eigenvalue weighted by Gasteiger charge is -2.42. The number of carbonyl (C=O) groups excluding carboxylic acids is 2. The van der Waals surface area contributed by atoms with Gasteiger partial charge in [-0.05, 0) is 31.5 Å². The van der Waals surface area contributed by atoms with Crippen molar-refractivity contribution < 1.29 is 23.1 Å². The summed E-state index contributed by atoms with van der Waals surface area (Å²) in [4.78, 5) is 32.0. The van der Waals surface area contributed by atoms with E-state index in [2.05, 4.69) is 27.3 Å².